The van der Waals surface area contributed by atoms with Gasteiger partial charge in [-0.3, -0.25) is 4.68 Å². The van der Waals surface area contributed by atoms with Gasteiger partial charge in [0.1, 0.15) is 0 Å². The lowest BCUT2D eigenvalue weighted by Gasteiger charge is -2.42. The van der Waals surface area contributed by atoms with E-state index in [4.69, 9.17) is 5.73 Å². The molecule has 4 nitrogen and oxygen atoms in total. The fourth-order valence-corrected chi connectivity index (χ4v) is 2.61. The van der Waals surface area contributed by atoms with Gasteiger partial charge in [0.15, 0.2) is 0 Å². The second-order valence-corrected chi connectivity index (χ2v) is 5.02. The molecule has 3 unspecified atom stereocenters. The smallest absolute Gasteiger partial charge is 0.0827 e. The second-order valence-electron chi connectivity index (χ2n) is 5.02. The summed E-state index contributed by atoms with van der Waals surface area (Å²) in [6.07, 6.45) is 3.18. The summed E-state index contributed by atoms with van der Waals surface area (Å²) in [5.74, 6) is 0.536. The second kappa shape index (κ2) is 4.09. The zero-order valence-electron chi connectivity index (χ0n) is 10.6. The van der Waals surface area contributed by atoms with Gasteiger partial charge in [-0.1, -0.05) is 6.92 Å². The lowest BCUT2D eigenvalue weighted by Crippen LogP contribution is -2.52. The van der Waals surface area contributed by atoms with E-state index in [0.717, 1.165) is 18.7 Å². The minimum atomic E-state index is 0.336. The van der Waals surface area contributed by atoms with Crippen LogP contribution >= 0.6 is 0 Å². The van der Waals surface area contributed by atoms with Gasteiger partial charge in [-0.15, -0.1) is 0 Å². The van der Waals surface area contributed by atoms with Crippen LogP contribution in [0.25, 0.3) is 0 Å². The van der Waals surface area contributed by atoms with E-state index in [1.165, 1.54) is 5.69 Å². The number of piperidine rings is 1. The summed E-state index contributed by atoms with van der Waals surface area (Å²) in [6.45, 7) is 7.61. The molecular weight excluding hydrogens is 200 g/mol. The molecule has 1 fully saturated rings. The minimum absolute atomic E-state index is 0.336. The Labute approximate surface area is 97.4 Å². The quantitative estimate of drug-likeness (QED) is 0.779. The molecule has 90 valence electrons. The highest BCUT2D eigenvalue weighted by molar-refractivity contribution is 5.50. The Balaban J connectivity index is 2.25. The van der Waals surface area contributed by atoms with Crippen molar-refractivity contribution in [3.05, 3.63) is 11.9 Å². The molecule has 0 spiro atoms. The fraction of sp³-hybridized carbons (Fsp3) is 0.750. The maximum Gasteiger partial charge on any atom is 0.0827 e. The number of hydrogen-bond acceptors (Lipinski definition) is 3. The monoisotopic (exact) mass is 222 g/mol. The van der Waals surface area contributed by atoms with Crippen molar-refractivity contribution in [2.24, 2.45) is 18.7 Å². The Morgan fingerprint density at radius 2 is 2.12 bits per heavy atom. The number of aromatic nitrogens is 2. The van der Waals surface area contributed by atoms with Crippen molar-refractivity contribution in [2.75, 3.05) is 11.4 Å². The Kier molecular flexibility index (Phi) is 2.93. The Morgan fingerprint density at radius 1 is 1.44 bits per heavy atom. The molecule has 16 heavy (non-hydrogen) atoms. The number of nitrogens with two attached hydrogens (primary N) is 1. The van der Waals surface area contributed by atoms with Crippen LogP contribution in [0.3, 0.4) is 0 Å². The summed E-state index contributed by atoms with van der Waals surface area (Å²) >= 11 is 0. The Bertz CT molecular complexity index is 371. The van der Waals surface area contributed by atoms with Gasteiger partial charge in [0.25, 0.3) is 0 Å². The summed E-state index contributed by atoms with van der Waals surface area (Å²) in [7, 11) is 1.97. The average Bonchev–Trinajstić information content (AvgIpc) is 2.55. The van der Waals surface area contributed by atoms with Gasteiger partial charge >= 0.3 is 0 Å². The number of hydrogen-bond donors (Lipinski definition) is 1. The van der Waals surface area contributed by atoms with Crippen LogP contribution in [0.4, 0.5) is 5.69 Å². The first-order chi connectivity index (χ1) is 7.50. The molecule has 0 bridgehead atoms. The van der Waals surface area contributed by atoms with Gasteiger partial charge in [-0.05, 0) is 26.2 Å². The molecule has 2 rings (SSSR count). The molecule has 4 heteroatoms. The maximum absolute atomic E-state index is 6.10. The molecule has 1 aromatic rings. The molecule has 0 amide bonds. The maximum atomic E-state index is 6.10. The van der Waals surface area contributed by atoms with E-state index >= 15 is 0 Å². The molecule has 3 atom stereocenters. The molecule has 1 aliphatic rings. The highest BCUT2D eigenvalue weighted by Crippen LogP contribution is 2.29. The molecule has 1 aliphatic heterocycles. The largest absolute Gasteiger partial charge is 0.366 e. The molecular formula is C12H22N4. The number of rotatable bonds is 1. The Hall–Kier alpha value is -1.03. The molecule has 1 aromatic heterocycles. The van der Waals surface area contributed by atoms with E-state index in [-0.39, 0.29) is 0 Å². The van der Waals surface area contributed by atoms with E-state index in [2.05, 4.69) is 37.0 Å². The highest BCUT2D eigenvalue weighted by Gasteiger charge is 2.31. The highest BCUT2D eigenvalue weighted by atomic mass is 15.3. The normalized spacial score (nSPS) is 30.8. The van der Waals surface area contributed by atoms with Crippen molar-refractivity contribution < 1.29 is 0 Å². The first-order valence-electron chi connectivity index (χ1n) is 6.03. The SMILES string of the molecule is Cc1nn(C)cc1N1CCC(N)C(C)C1C. The molecule has 0 radical (unpaired) electrons. The zero-order valence-corrected chi connectivity index (χ0v) is 10.6. The third-order valence-corrected chi connectivity index (χ3v) is 3.93. The molecule has 1 saturated heterocycles. The Morgan fingerprint density at radius 3 is 2.69 bits per heavy atom. The van der Waals surface area contributed by atoms with Gasteiger partial charge in [0.2, 0.25) is 0 Å². The summed E-state index contributed by atoms with van der Waals surface area (Å²) in [5.41, 5.74) is 8.47. The van der Waals surface area contributed by atoms with Crippen molar-refractivity contribution in [3.8, 4) is 0 Å². The summed E-state index contributed by atoms with van der Waals surface area (Å²) in [4.78, 5) is 2.44. The van der Waals surface area contributed by atoms with E-state index in [1.807, 2.05) is 11.7 Å². The van der Waals surface area contributed by atoms with Gasteiger partial charge in [0, 0.05) is 31.9 Å². The van der Waals surface area contributed by atoms with E-state index < -0.39 is 0 Å². The van der Waals surface area contributed by atoms with Crippen LogP contribution in [-0.4, -0.2) is 28.4 Å². The van der Waals surface area contributed by atoms with Crippen molar-refractivity contribution in [2.45, 2.75) is 39.3 Å². The van der Waals surface area contributed by atoms with E-state index in [0.29, 0.717) is 18.0 Å². The lowest BCUT2D eigenvalue weighted by atomic mass is 9.87. The molecule has 2 N–H and O–H groups in total. The molecule has 0 saturated carbocycles. The minimum Gasteiger partial charge on any atom is -0.366 e. The fourth-order valence-electron chi connectivity index (χ4n) is 2.61. The first kappa shape index (κ1) is 11.5. The van der Waals surface area contributed by atoms with Crippen LogP contribution in [0.1, 0.15) is 26.0 Å². The van der Waals surface area contributed by atoms with Crippen LogP contribution in [-0.2, 0) is 7.05 Å². The van der Waals surface area contributed by atoms with Crippen LogP contribution in [0.5, 0.6) is 0 Å². The standard InChI is InChI=1S/C12H22N4/c1-8-10(3)16(6-5-11(8)13)12-7-15(4)14-9(12)2/h7-8,10-11H,5-6,13H2,1-4H3. The van der Waals surface area contributed by atoms with E-state index in [1.54, 1.807) is 0 Å². The summed E-state index contributed by atoms with van der Waals surface area (Å²) in [5, 5.41) is 4.41. The van der Waals surface area contributed by atoms with Crippen molar-refractivity contribution in [1.82, 2.24) is 9.78 Å². The van der Waals surface area contributed by atoms with Crippen molar-refractivity contribution in [1.29, 1.82) is 0 Å². The number of anilines is 1. The van der Waals surface area contributed by atoms with Gasteiger partial charge in [0.05, 0.1) is 11.4 Å². The average molecular weight is 222 g/mol. The molecule has 0 aromatic carbocycles. The third-order valence-electron chi connectivity index (χ3n) is 3.93. The first-order valence-corrected chi connectivity index (χ1v) is 6.03. The number of aryl methyl sites for hydroxylation is 2. The molecule has 0 aliphatic carbocycles. The van der Waals surface area contributed by atoms with Crippen molar-refractivity contribution >= 4 is 5.69 Å². The van der Waals surface area contributed by atoms with Crippen LogP contribution in [0, 0.1) is 12.8 Å². The van der Waals surface area contributed by atoms with Gasteiger partial charge in [-0.2, -0.15) is 5.10 Å². The molecule has 2 heterocycles. The number of nitrogens with zero attached hydrogens (tertiary/aromatic N) is 3. The van der Waals surface area contributed by atoms with Crippen LogP contribution in [0.2, 0.25) is 0 Å². The van der Waals surface area contributed by atoms with Crippen LogP contribution < -0.4 is 10.6 Å². The zero-order chi connectivity index (χ0) is 11.9. The van der Waals surface area contributed by atoms with Gasteiger partial charge < -0.3 is 10.6 Å². The van der Waals surface area contributed by atoms with E-state index in [9.17, 15) is 0 Å². The van der Waals surface area contributed by atoms with Crippen LogP contribution in [0.15, 0.2) is 6.20 Å². The van der Waals surface area contributed by atoms with Gasteiger partial charge in [-0.25, -0.2) is 0 Å². The van der Waals surface area contributed by atoms with Crippen molar-refractivity contribution in [3.63, 3.8) is 0 Å². The summed E-state index contributed by atoms with van der Waals surface area (Å²) in [6, 6.07) is 0.829. The third kappa shape index (κ3) is 1.82. The predicted octanol–water partition coefficient (Wildman–Crippen LogP) is 1.29. The predicted molar refractivity (Wildman–Crippen MR) is 66.5 cm³/mol. The topological polar surface area (TPSA) is 47.1 Å². The lowest BCUT2D eigenvalue weighted by molar-refractivity contribution is 0.315. The summed E-state index contributed by atoms with van der Waals surface area (Å²) < 4.78 is 1.89.